The van der Waals surface area contributed by atoms with Gasteiger partial charge in [-0.3, -0.25) is 0 Å². The first kappa shape index (κ1) is 37.0. The van der Waals surface area contributed by atoms with Crippen LogP contribution in [0, 0.1) is 0 Å². The predicted octanol–water partition coefficient (Wildman–Crippen LogP) is 12.8. The van der Waals surface area contributed by atoms with E-state index in [4.69, 9.17) is 0 Å². The van der Waals surface area contributed by atoms with Crippen molar-refractivity contribution in [2.75, 3.05) is 20.6 Å². The van der Waals surface area contributed by atoms with Crippen LogP contribution in [-0.4, -0.2) is 31.2 Å². The predicted molar refractivity (Wildman–Crippen MR) is 172 cm³/mol. The van der Waals surface area contributed by atoms with E-state index in [2.05, 4.69) is 34.9 Å². The van der Waals surface area contributed by atoms with Crippen molar-refractivity contribution >= 4 is 0 Å². The highest BCUT2D eigenvalue weighted by molar-refractivity contribution is 4.56. The Morgan fingerprint density at radius 3 is 0.892 bits per heavy atom. The molecule has 0 rings (SSSR count). The van der Waals surface area contributed by atoms with Gasteiger partial charge in [-0.05, 0) is 32.6 Å². The lowest BCUT2D eigenvalue weighted by Crippen LogP contribution is -2.47. The van der Waals surface area contributed by atoms with Crippen molar-refractivity contribution in [1.82, 2.24) is 0 Å². The summed E-state index contributed by atoms with van der Waals surface area (Å²) < 4.78 is 1.23. The van der Waals surface area contributed by atoms with Crippen LogP contribution in [0.5, 0.6) is 0 Å². The Bertz CT molecular complexity index is 415. The van der Waals surface area contributed by atoms with E-state index in [1.165, 1.54) is 197 Å². The maximum Gasteiger partial charge on any atom is 0.0857 e. The van der Waals surface area contributed by atoms with Gasteiger partial charge in [0.05, 0.1) is 26.7 Å². The number of quaternary nitrogens is 1. The fourth-order valence-corrected chi connectivity index (χ4v) is 5.92. The van der Waals surface area contributed by atoms with Crippen LogP contribution >= 0.6 is 0 Å². The third-order valence-corrected chi connectivity index (χ3v) is 9.26. The molecular formula is C36H76N+. The summed E-state index contributed by atoms with van der Waals surface area (Å²) in [5.41, 5.74) is 0. The minimum atomic E-state index is 0.819. The number of rotatable bonds is 31. The molecule has 1 unspecified atom stereocenters. The summed E-state index contributed by atoms with van der Waals surface area (Å²) in [7, 11) is 4.97. The highest BCUT2D eigenvalue weighted by Crippen LogP contribution is 2.19. The molecule has 0 saturated heterocycles. The topological polar surface area (TPSA) is 0 Å². The Balaban J connectivity index is 3.41. The van der Waals surface area contributed by atoms with Gasteiger partial charge >= 0.3 is 0 Å². The van der Waals surface area contributed by atoms with Gasteiger partial charge < -0.3 is 4.48 Å². The average Bonchev–Trinajstić information content (AvgIpc) is 2.88. The van der Waals surface area contributed by atoms with Crippen LogP contribution in [-0.2, 0) is 0 Å². The SMILES string of the molecule is CCCCCCCCCCCCCCCCCC[N+](C)(C)C(C)CCCCCCCCCCCCCC. The molecule has 0 fully saturated rings. The van der Waals surface area contributed by atoms with Crippen LogP contribution < -0.4 is 0 Å². The molecule has 0 aliphatic carbocycles. The van der Waals surface area contributed by atoms with Crippen LogP contribution in [0.3, 0.4) is 0 Å². The molecule has 0 aromatic carbocycles. The number of hydrogen-bond donors (Lipinski definition) is 0. The van der Waals surface area contributed by atoms with Crippen LogP contribution in [0.25, 0.3) is 0 Å². The van der Waals surface area contributed by atoms with Crippen LogP contribution in [0.1, 0.15) is 207 Å². The summed E-state index contributed by atoms with van der Waals surface area (Å²) in [5, 5.41) is 0. The maximum atomic E-state index is 2.50. The van der Waals surface area contributed by atoms with Crippen LogP contribution in [0.15, 0.2) is 0 Å². The van der Waals surface area contributed by atoms with Gasteiger partial charge in [0.15, 0.2) is 0 Å². The Kier molecular flexibility index (Phi) is 28.9. The van der Waals surface area contributed by atoms with E-state index in [1.54, 1.807) is 0 Å². The molecule has 224 valence electrons. The highest BCUT2D eigenvalue weighted by Gasteiger charge is 2.22. The maximum absolute atomic E-state index is 2.50. The lowest BCUT2D eigenvalue weighted by atomic mass is 10.0. The molecule has 0 aromatic rings. The standard InChI is InChI=1S/C36H76N/c1-6-8-10-12-14-16-18-20-21-22-23-25-27-29-31-33-35-37(4,5)36(3)34-32-30-28-26-24-19-17-15-13-11-9-7-2/h36H,6-35H2,1-5H3/q+1. The van der Waals surface area contributed by atoms with Crippen molar-refractivity contribution in [3.8, 4) is 0 Å². The van der Waals surface area contributed by atoms with Crippen molar-refractivity contribution < 1.29 is 4.48 Å². The second-order valence-corrected chi connectivity index (χ2v) is 13.3. The van der Waals surface area contributed by atoms with E-state index >= 15 is 0 Å². The minimum absolute atomic E-state index is 0.819. The van der Waals surface area contributed by atoms with Gasteiger partial charge in [0, 0.05) is 0 Å². The monoisotopic (exact) mass is 523 g/mol. The quantitative estimate of drug-likeness (QED) is 0.0627. The van der Waals surface area contributed by atoms with Gasteiger partial charge in [-0.15, -0.1) is 0 Å². The fourth-order valence-electron chi connectivity index (χ4n) is 5.92. The van der Waals surface area contributed by atoms with Gasteiger partial charge in [-0.2, -0.15) is 0 Å². The zero-order valence-electron chi connectivity index (χ0n) is 27.2. The van der Waals surface area contributed by atoms with Crippen molar-refractivity contribution in [3.05, 3.63) is 0 Å². The Labute approximate surface area is 237 Å². The molecule has 0 aromatic heterocycles. The molecular weight excluding hydrogens is 446 g/mol. The van der Waals surface area contributed by atoms with Gasteiger partial charge in [-0.25, -0.2) is 0 Å². The van der Waals surface area contributed by atoms with E-state index in [-0.39, 0.29) is 0 Å². The van der Waals surface area contributed by atoms with Gasteiger partial charge in [-0.1, -0.05) is 174 Å². The smallest absolute Gasteiger partial charge is 0.0857 e. The fraction of sp³-hybridized carbons (Fsp3) is 1.00. The molecule has 1 heteroatoms. The van der Waals surface area contributed by atoms with E-state index in [0.29, 0.717) is 0 Å². The molecule has 0 aliphatic rings. The molecule has 0 bridgehead atoms. The van der Waals surface area contributed by atoms with Gasteiger partial charge in [0.1, 0.15) is 0 Å². The first-order valence-electron chi connectivity index (χ1n) is 17.9. The van der Waals surface area contributed by atoms with Gasteiger partial charge in [0.25, 0.3) is 0 Å². The Hall–Kier alpha value is -0.0400. The zero-order chi connectivity index (χ0) is 27.3. The minimum Gasteiger partial charge on any atom is -0.326 e. The van der Waals surface area contributed by atoms with E-state index < -0.39 is 0 Å². The summed E-state index contributed by atoms with van der Waals surface area (Å²) in [6.07, 6.45) is 42.3. The number of nitrogens with zero attached hydrogens (tertiary/aromatic N) is 1. The molecule has 1 nitrogen and oxygen atoms in total. The third kappa shape index (κ3) is 27.3. The second kappa shape index (κ2) is 29.0. The average molecular weight is 523 g/mol. The summed E-state index contributed by atoms with van der Waals surface area (Å²) in [6, 6.07) is 0.819. The Morgan fingerprint density at radius 1 is 0.351 bits per heavy atom. The van der Waals surface area contributed by atoms with Crippen molar-refractivity contribution in [3.63, 3.8) is 0 Å². The molecule has 0 spiro atoms. The molecule has 0 heterocycles. The third-order valence-electron chi connectivity index (χ3n) is 9.26. The second-order valence-electron chi connectivity index (χ2n) is 13.3. The summed E-state index contributed by atoms with van der Waals surface area (Å²) >= 11 is 0. The van der Waals surface area contributed by atoms with E-state index in [1.807, 2.05) is 0 Å². The molecule has 0 radical (unpaired) electrons. The summed E-state index contributed by atoms with van der Waals surface area (Å²) in [4.78, 5) is 0. The van der Waals surface area contributed by atoms with Gasteiger partial charge in [0.2, 0.25) is 0 Å². The lowest BCUT2D eigenvalue weighted by Gasteiger charge is -2.36. The molecule has 0 saturated carbocycles. The van der Waals surface area contributed by atoms with Crippen molar-refractivity contribution in [2.24, 2.45) is 0 Å². The highest BCUT2D eigenvalue weighted by atomic mass is 15.3. The zero-order valence-corrected chi connectivity index (χ0v) is 27.2. The van der Waals surface area contributed by atoms with E-state index in [9.17, 15) is 0 Å². The van der Waals surface area contributed by atoms with Crippen LogP contribution in [0.4, 0.5) is 0 Å². The largest absolute Gasteiger partial charge is 0.326 e. The summed E-state index contributed by atoms with van der Waals surface area (Å²) in [5.74, 6) is 0. The first-order valence-corrected chi connectivity index (χ1v) is 17.9. The first-order chi connectivity index (χ1) is 18.0. The number of unbranched alkanes of at least 4 members (excludes halogenated alkanes) is 26. The lowest BCUT2D eigenvalue weighted by molar-refractivity contribution is -0.913. The summed E-state index contributed by atoms with van der Waals surface area (Å²) in [6.45, 7) is 8.49. The molecule has 0 N–H and O–H groups in total. The van der Waals surface area contributed by atoms with E-state index in [0.717, 1.165) is 6.04 Å². The Morgan fingerprint density at radius 2 is 0.595 bits per heavy atom. The van der Waals surface area contributed by atoms with Crippen LogP contribution in [0.2, 0.25) is 0 Å². The van der Waals surface area contributed by atoms with Crippen molar-refractivity contribution in [1.29, 1.82) is 0 Å². The molecule has 1 atom stereocenters. The molecule has 0 aliphatic heterocycles. The molecule has 37 heavy (non-hydrogen) atoms. The van der Waals surface area contributed by atoms with Crippen molar-refractivity contribution in [2.45, 2.75) is 213 Å². The molecule has 0 amide bonds. The number of hydrogen-bond acceptors (Lipinski definition) is 0. The normalized spacial score (nSPS) is 12.9.